The molecule has 0 saturated heterocycles. The van der Waals surface area contributed by atoms with E-state index in [9.17, 15) is 5.11 Å². The lowest BCUT2D eigenvalue weighted by Gasteiger charge is -2.40. The number of benzene rings is 2. The van der Waals surface area contributed by atoms with Crippen LogP contribution in [0.15, 0.2) is 34.7 Å². The third kappa shape index (κ3) is 5.81. The van der Waals surface area contributed by atoms with E-state index in [2.05, 4.69) is 54.2 Å². The van der Waals surface area contributed by atoms with E-state index in [0.29, 0.717) is 22.2 Å². The molecule has 35 heavy (non-hydrogen) atoms. The number of phenols is 1. The number of nitrogens with zero attached hydrogens (tertiary/aromatic N) is 3. The Morgan fingerprint density at radius 3 is 2.46 bits per heavy atom. The largest absolute Gasteiger partial charge is 0.506 e. The second-order valence-corrected chi connectivity index (χ2v) is 15.5. The maximum absolute atomic E-state index is 9.73. The second-order valence-electron chi connectivity index (χ2n) is 10.00. The highest BCUT2D eigenvalue weighted by atomic mass is 35.5. The molecule has 2 N–H and O–H groups in total. The van der Waals surface area contributed by atoms with E-state index in [0.717, 1.165) is 11.3 Å². The van der Waals surface area contributed by atoms with Crippen molar-refractivity contribution in [1.82, 2.24) is 10.2 Å². The monoisotopic (exact) mass is 532 g/mol. The number of hydrogen-bond acceptors (Lipinski definition) is 6. The summed E-state index contributed by atoms with van der Waals surface area (Å²) in [5.41, 5.74) is 2.46. The topological polar surface area (TPSA) is 84.8 Å². The van der Waals surface area contributed by atoms with Gasteiger partial charge in [-0.2, -0.15) is 0 Å². The van der Waals surface area contributed by atoms with Gasteiger partial charge in [-0.15, -0.1) is 10.2 Å². The zero-order valence-corrected chi connectivity index (χ0v) is 23.4. The number of aromatic hydroxyl groups is 1. The van der Waals surface area contributed by atoms with Gasteiger partial charge in [0.15, 0.2) is 8.32 Å². The predicted molar refractivity (Wildman–Crippen MR) is 143 cm³/mol. The first-order chi connectivity index (χ1) is 16.2. The number of phenolic OH excluding ortho intramolecular Hbond substituents is 1. The van der Waals surface area contributed by atoms with Crippen LogP contribution in [-0.4, -0.2) is 29.7 Å². The molecule has 3 rings (SSSR count). The Morgan fingerprint density at radius 1 is 1.17 bits per heavy atom. The fraction of sp³-hybridized carbons (Fsp3) is 0.400. The van der Waals surface area contributed by atoms with E-state index in [4.69, 9.17) is 38.6 Å². The minimum atomic E-state index is -2.13. The number of anilines is 1. The number of nitrogens with one attached hydrogen (secondary N) is 1. The van der Waals surface area contributed by atoms with Gasteiger partial charge in [0.1, 0.15) is 11.8 Å². The Morgan fingerprint density at radius 2 is 1.86 bits per heavy atom. The fourth-order valence-electron chi connectivity index (χ4n) is 3.29. The van der Waals surface area contributed by atoms with Crippen molar-refractivity contribution in [2.24, 2.45) is 0 Å². The molecular formula is C25H30Cl2N4O3Si. The molecule has 0 saturated carbocycles. The first-order valence-corrected chi connectivity index (χ1v) is 14.8. The molecule has 2 aromatic carbocycles. The predicted octanol–water partition coefficient (Wildman–Crippen LogP) is 8.17. The molecule has 0 unspecified atom stereocenters. The average Bonchev–Trinajstić information content (AvgIpc) is 3.25. The normalized spacial score (nSPS) is 13.8. The van der Waals surface area contributed by atoms with Crippen molar-refractivity contribution in [3.8, 4) is 17.2 Å². The van der Waals surface area contributed by atoms with Crippen LogP contribution < -0.4 is 5.32 Å². The number of halogens is 2. The molecule has 1 heterocycles. The molecule has 0 aliphatic carbocycles. The van der Waals surface area contributed by atoms with Crippen LogP contribution in [0, 0.1) is 13.5 Å². The lowest BCUT2D eigenvalue weighted by Crippen LogP contribution is -2.45. The van der Waals surface area contributed by atoms with Crippen molar-refractivity contribution < 1.29 is 13.9 Å². The van der Waals surface area contributed by atoms with Gasteiger partial charge < -0.3 is 19.3 Å². The smallest absolute Gasteiger partial charge is 0.247 e. The molecule has 3 aromatic rings. The van der Waals surface area contributed by atoms with Crippen molar-refractivity contribution in [2.75, 3.05) is 5.32 Å². The van der Waals surface area contributed by atoms with Gasteiger partial charge in [-0.25, -0.2) is 4.85 Å². The zero-order chi connectivity index (χ0) is 26.1. The van der Waals surface area contributed by atoms with Crippen molar-refractivity contribution in [1.29, 1.82) is 0 Å². The Kier molecular flexibility index (Phi) is 7.87. The van der Waals surface area contributed by atoms with Gasteiger partial charge in [0.2, 0.25) is 17.5 Å². The van der Waals surface area contributed by atoms with Gasteiger partial charge >= 0.3 is 0 Å². The Labute approximate surface area is 217 Å². The maximum atomic E-state index is 9.73. The highest BCUT2D eigenvalue weighted by Gasteiger charge is 2.41. The lowest BCUT2D eigenvalue weighted by atomic mass is 10.1. The molecule has 0 radical (unpaired) electrons. The minimum Gasteiger partial charge on any atom is -0.506 e. The SMILES string of the molecule is [C-]#[N+]c1ccc(N[C@@H](c2nnc(-c3ccc(O)c(Cl)c3)o2)[C@@H](C)O[Si](C)(C)C(C)(C)C)c(C)c1Cl. The van der Waals surface area contributed by atoms with E-state index >= 15 is 0 Å². The third-order valence-corrected chi connectivity index (χ3v) is 11.8. The Balaban J connectivity index is 2.02. The molecule has 0 aliphatic heterocycles. The summed E-state index contributed by atoms with van der Waals surface area (Å²) in [6.07, 6.45) is -0.327. The quantitative estimate of drug-likeness (QED) is 0.235. The molecule has 0 bridgehead atoms. The number of aromatic nitrogens is 2. The van der Waals surface area contributed by atoms with Crippen LogP contribution in [-0.2, 0) is 4.43 Å². The molecule has 0 spiro atoms. The summed E-state index contributed by atoms with van der Waals surface area (Å²) in [6, 6.07) is 7.70. The summed E-state index contributed by atoms with van der Waals surface area (Å²) in [4.78, 5) is 3.47. The standard InChI is InChI=1S/C25H30Cl2N4O3Si/c1-14-18(10-11-19(28-6)21(14)27)29-22(15(2)34-35(7,8)25(3,4)5)24-31-30-23(33-24)16-9-12-20(32)17(26)13-16/h9-13,15,22,29,32H,1-5,7-8H3/t15-,22-/m1/s1. The summed E-state index contributed by atoms with van der Waals surface area (Å²) >= 11 is 12.5. The second kappa shape index (κ2) is 10.2. The van der Waals surface area contributed by atoms with E-state index in [-0.39, 0.29) is 27.8 Å². The first-order valence-electron chi connectivity index (χ1n) is 11.2. The molecule has 186 valence electrons. The first kappa shape index (κ1) is 27.0. The van der Waals surface area contributed by atoms with E-state index in [1.807, 2.05) is 19.9 Å². The molecule has 1 aromatic heterocycles. The van der Waals surface area contributed by atoms with Gasteiger partial charge in [-0.1, -0.05) is 50.0 Å². The van der Waals surface area contributed by atoms with E-state index in [1.54, 1.807) is 18.2 Å². The Hall–Kier alpha value is -2.57. The van der Waals surface area contributed by atoms with Gasteiger partial charge in [0.05, 0.1) is 22.7 Å². The van der Waals surface area contributed by atoms with Crippen molar-refractivity contribution in [2.45, 2.75) is 64.9 Å². The van der Waals surface area contributed by atoms with E-state index < -0.39 is 14.4 Å². The minimum absolute atomic E-state index is 0.00507. The summed E-state index contributed by atoms with van der Waals surface area (Å²) < 4.78 is 12.7. The van der Waals surface area contributed by atoms with Crippen LogP contribution in [0.4, 0.5) is 11.4 Å². The van der Waals surface area contributed by atoms with Gasteiger partial charge in [0.25, 0.3) is 0 Å². The van der Waals surface area contributed by atoms with Gasteiger partial charge in [0, 0.05) is 11.3 Å². The van der Waals surface area contributed by atoms with E-state index in [1.165, 1.54) is 6.07 Å². The van der Waals surface area contributed by atoms with Crippen LogP contribution in [0.5, 0.6) is 5.75 Å². The highest BCUT2D eigenvalue weighted by Crippen LogP contribution is 2.40. The maximum Gasteiger partial charge on any atom is 0.247 e. The summed E-state index contributed by atoms with van der Waals surface area (Å²) in [5, 5.41) is 22.3. The summed E-state index contributed by atoms with van der Waals surface area (Å²) in [5.74, 6) is 0.577. The third-order valence-electron chi connectivity index (χ3n) is 6.45. The van der Waals surface area contributed by atoms with Crippen molar-refractivity contribution >= 4 is 42.9 Å². The van der Waals surface area contributed by atoms with Gasteiger partial charge in [-0.3, -0.25) is 0 Å². The van der Waals surface area contributed by atoms with Crippen LogP contribution in [0.1, 0.15) is 45.2 Å². The van der Waals surface area contributed by atoms with Crippen LogP contribution >= 0.6 is 23.2 Å². The summed E-state index contributed by atoms with van der Waals surface area (Å²) in [7, 11) is -2.13. The molecule has 0 amide bonds. The lowest BCUT2D eigenvalue weighted by molar-refractivity contribution is 0.166. The Bertz CT molecular complexity index is 1260. The average molecular weight is 534 g/mol. The number of rotatable bonds is 7. The molecule has 0 aliphatic rings. The molecule has 0 fully saturated rings. The van der Waals surface area contributed by atoms with Crippen LogP contribution in [0.25, 0.3) is 16.3 Å². The van der Waals surface area contributed by atoms with Gasteiger partial charge in [-0.05, 0) is 61.8 Å². The zero-order valence-electron chi connectivity index (χ0n) is 20.9. The summed E-state index contributed by atoms with van der Waals surface area (Å²) in [6.45, 7) is 22.1. The molecule has 2 atom stereocenters. The molecule has 10 heteroatoms. The number of hydrogen-bond donors (Lipinski definition) is 2. The molecule has 7 nitrogen and oxygen atoms in total. The van der Waals surface area contributed by atoms with Crippen LogP contribution in [0.3, 0.4) is 0 Å². The van der Waals surface area contributed by atoms with Crippen molar-refractivity contribution in [3.63, 3.8) is 0 Å². The fourth-order valence-corrected chi connectivity index (χ4v) is 5.09. The van der Waals surface area contributed by atoms with Crippen molar-refractivity contribution in [3.05, 3.63) is 63.2 Å². The highest BCUT2D eigenvalue weighted by molar-refractivity contribution is 6.74. The van der Waals surface area contributed by atoms with Crippen LogP contribution in [0.2, 0.25) is 28.2 Å². The molecular weight excluding hydrogens is 503 g/mol.